The Balaban J connectivity index is 1.67. The molecule has 1 fully saturated rings. The molecule has 24 heavy (non-hydrogen) atoms. The summed E-state index contributed by atoms with van der Waals surface area (Å²) in [6.45, 7) is 4.79. The van der Waals surface area contributed by atoms with Crippen molar-refractivity contribution < 1.29 is 9.84 Å². The van der Waals surface area contributed by atoms with Crippen molar-refractivity contribution in [1.29, 1.82) is 0 Å². The first kappa shape index (κ1) is 17.1. The van der Waals surface area contributed by atoms with Gasteiger partial charge in [-0.2, -0.15) is 4.98 Å². The van der Waals surface area contributed by atoms with Crippen LogP contribution in [0.3, 0.4) is 0 Å². The van der Waals surface area contributed by atoms with E-state index in [1.165, 1.54) is 4.88 Å². The maximum atomic E-state index is 8.99. The zero-order valence-corrected chi connectivity index (χ0v) is 14.6. The fraction of sp³-hybridized carbons (Fsp3) is 0.562. The molecular formula is C16H23N5O2S. The minimum atomic E-state index is 0.0492. The zero-order valence-electron chi connectivity index (χ0n) is 13.8. The number of ether oxygens (including phenoxy) is 1. The molecule has 0 radical (unpaired) electrons. The van der Waals surface area contributed by atoms with E-state index >= 15 is 0 Å². The first-order valence-corrected chi connectivity index (χ1v) is 9.08. The highest BCUT2D eigenvalue weighted by molar-refractivity contribution is 7.09. The van der Waals surface area contributed by atoms with Crippen LogP contribution in [0.15, 0.2) is 11.6 Å². The van der Waals surface area contributed by atoms with Crippen LogP contribution < -0.4 is 10.6 Å². The van der Waals surface area contributed by atoms with Gasteiger partial charge in [-0.25, -0.2) is 9.97 Å². The number of hydrogen-bond donors (Lipinski definition) is 3. The molecule has 0 unspecified atom stereocenters. The van der Waals surface area contributed by atoms with Crippen molar-refractivity contribution in [3.63, 3.8) is 0 Å². The Morgan fingerprint density at radius 1 is 1.33 bits per heavy atom. The largest absolute Gasteiger partial charge is 0.395 e. The summed E-state index contributed by atoms with van der Waals surface area (Å²) >= 11 is 1.68. The van der Waals surface area contributed by atoms with E-state index in [1.807, 2.05) is 18.5 Å². The molecule has 3 heterocycles. The van der Waals surface area contributed by atoms with E-state index in [2.05, 4.69) is 25.6 Å². The van der Waals surface area contributed by atoms with E-state index in [1.54, 1.807) is 11.3 Å². The number of anilines is 2. The van der Waals surface area contributed by atoms with Gasteiger partial charge in [-0.15, -0.1) is 11.3 Å². The van der Waals surface area contributed by atoms with E-state index in [0.29, 0.717) is 25.0 Å². The van der Waals surface area contributed by atoms with Crippen molar-refractivity contribution in [3.05, 3.63) is 27.8 Å². The lowest BCUT2D eigenvalue weighted by Crippen LogP contribution is -2.14. The molecule has 2 aromatic heterocycles. The number of aromatic nitrogens is 3. The smallest absolute Gasteiger partial charge is 0.224 e. The Morgan fingerprint density at radius 2 is 2.25 bits per heavy atom. The van der Waals surface area contributed by atoms with Gasteiger partial charge in [-0.3, -0.25) is 0 Å². The van der Waals surface area contributed by atoms with Gasteiger partial charge >= 0.3 is 0 Å². The third-order valence-corrected chi connectivity index (χ3v) is 4.99. The number of nitrogens with one attached hydrogen (secondary N) is 2. The molecule has 0 amide bonds. The molecule has 1 aliphatic heterocycles. The lowest BCUT2D eigenvalue weighted by atomic mass is 10.0. The molecule has 0 spiro atoms. The summed E-state index contributed by atoms with van der Waals surface area (Å²) in [6, 6.07) is 2.00. The second-order valence-electron chi connectivity index (χ2n) is 5.75. The molecule has 3 rings (SSSR count). The Hall–Kier alpha value is -1.77. The highest BCUT2D eigenvalue weighted by atomic mass is 32.1. The molecule has 3 N–H and O–H groups in total. The number of nitrogens with zero attached hydrogens (tertiary/aromatic N) is 3. The minimum absolute atomic E-state index is 0.0492. The first-order chi connectivity index (χ1) is 11.8. The van der Waals surface area contributed by atoms with Gasteiger partial charge in [0, 0.05) is 43.0 Å². The summed E-state index contributed by atoms with van der Waals surface area (Å²) in [7, 11) is 0. The molecule has 1 aliphatic rings. The number of aryl methyl sites for hydroxylation is 1. The normalized spacial score (nSPS) is 17.2. The molecule has 0 bridgehead atoms. The van der Waals surface area contributed by atoms with Crippen molar-refractivity contribution in [2.75, 3.05) is 43.5 Å². The van der Waals surface area contributed by atoms with Crippen molar-refractivity contribution in [3.8, 4) is 0 Å². The summed E-state index contributed by atoms with van der Waals surface area (Å²) in [5.41, 5.74) is 3.96. The maximum absolute atomic E-state index is 8.99. The van der Waals surface area contributed by atoms with E-state index in [0.717, 1.165) is 43.2 Å². The quantitative estimate of drug-likeness (QED) is 0.669. The molecule has 0 aliphatic carbocycles. The second kappa shape index (κ2) is 8.36. The Labute approximate surface area is 145 Å². The zero-order chi connectivity index (χ0) is 16.8. The lowest BCUT2D eigenvalue weighted by Gasteiger charge is -2.13. The average Bonchev–Trinajstić information content (AvgIpc) is 3.25. The number of rotatable bonds is 8. The van der Waals surface area contributed by atoms with Crippen LogP contribution in [0, 0.1) is 6.92 Å². The molecule has 0 aromatic carbocycles. The molecule has 7 nitrogen and oxygen atoms in total. The summed E-state index contributed by atoms with van der Waals surface area (Å²) in [4.78, 5) is 14.6. The van der Waals surface area contributed by atoms with Crippen LogP contribution in [0.5, 0.6) is 0 Å². The molecule has 130 valence electrons. The topological polar surface area (TPSA) is 92.2 Å². The van der Waals surface area contributed by atoms with Crippen LogP contribution in [-0.2, 0) is 11.2 Å². The number of thiazole rings is 1. The predicted octanol–water partition coefficient (Wildman–Crippen LogP) is 1.80. The highest BCUT2D eigenvalue weighted by Gasteiger charge is 2.20. The summed E-state index contributed by atoms with van der Waals surface area (Å²) in [5, 5.41) is 15.4. The highest BCUT2D eigenvalue weighted by Crippen LogP contribution is 2.26. The summed E-state index contributed by atoms with van der Waals surface area (Å²) in [5.74, 6) is 1.66. The van der Waals surface area contributed by atoms with E-state index in [9.17, 15) is 0 Å². The van der Waals surface area contributed by atoms with Crippen molar-refractivity contribution in [1.82, 2.24) is 15.0 Å². The van der Waals surface area contributed by atoms with E-state index in [4.69, 9.17) is 9.84 Å². The van der Waals surface area contributed by atoms with Crippen LogP contribution in [0.4, 0.5) is 11.8 Å². The average molecular weight is 349 g/mol. The van der Waals surface area contributed by atoms with E-state index in [-0.39, 0.29) is 6.61 Å². The third kappa shape index (κ3) is 4.40. The summed E-state index contributed by atoms with van der Waals surface area (Å²) in [6.07, 6.45) is 1.90. The Morgan fingerprint density at radius 3 is 2.96 bits per heavy atom. The fourth-order valence-electron chi connectivity index (χ4n) is 2.65. The number of hydrogen-bond acceptors (Lipinski definition) is 8. The first-order valence-electron chi connectivity index (χ1n) is 8.20. The lowest BCUT2D eigenvalue weighted by molar-refractivity contribution is 0.193. The molecular weight excluding hydrogens is 326 g/mol. The van der Waals surface area contributed by atoms with Gasteiger partial charge in [0.15, 0.2) is 0 Å². The predicted molar refractivity (Wildman–Crippen MR) is 94.8 cm³/mol. The molecule has 1 atom stereocenters. The fourth-order valence-corrected chi connectivity index (χ4v) is 3.43. The van der Waals surface area contributed by atoms with Crippen LogP contribution in [0.25, 0.3) is 0 Å². The van der Waals surface area contributed by atoms with Gasteiger partial charge in [0.1, 0.15) is 5.82 Å². The Bertz CT molecular complexity index is 658. The maximum Gasteiger partial charge on any atom is 0.224 e. The molecule has 8 heteroatoms. The van der Waals surface area contributed by atoms with Gasteiger partial charge < -0.3 is 20.5 Å². The van der Waals surface area contributed by atoms with Crippen molar-refractivity contribution in [2.24, 2.45) is 0 Å². The van der Waals surface area contributed by atoms with Gasteiger partial charge in [0.2, 0.25) is 5.95 Å². The molecule has 2 aromatic rings. The van der Waals surface area contributed by atoms with Crippen LogP contribution in [0.1, 0.15) is 28.6 Å². The third-order valence-electron chi connectivity index (χ3n) is 3.99. The van der Waals surface area contributed by atoms with Crippen molar-refractivity contribution >= 4 is 23.1 Å². The van der Waals surface area contributed by atoms with Crippen molar-refractivity contribution in [2.45, 2.75) is 25.7 Å². The molecule has 0 saturated carbocycles. The van der Waals surface area contributed by atoms with Crippen LogP contribution in [0.2, 0.25) is 0 Å². The monoisotopic (exact) mass is 349 g/mol. The van der Waals surface area contributed by atoms with Gasteiger partial charge in [0.05, 0.1) is 30.1 Å². The minimum Gasteiger partial charge on any atom is -0.395 e. The van der Waals surface area contributed by atoms with Gasteiger partial charge in [-0.05, 0) is 13.3 Å². The van der Waals surface area contributed by atoms with Crippen LogP contribution >= 0.6 is 11.3 Å². The summed E-state index contributed by atoms with van der Waals surface area (Å²) < 4.78 is 5.47. The standard InChI is InChI=1S/C16H23N5O2S/c1-11-14(24-10-19-11)2-4-17-15-8-13(12-3-7-23-9-12)20-16(21-15)18-5-6-22/h8,10,12,22H,2-7,9H2,1H3,(H2,17,18,20,21)/t12-/m0/s1. The second-order valence-corrected chi connectivity index (χ2v) is 6.69. The van der Waals surface area contributed by atoms with Crippen LogP contribution in [-0.4, -0.2) is 53.0 Å². The number of aliphatic hydroxyl groups excluding tert-OH is 1. The van der Waals surface area contributed by atoms with Gasteiger partial charge in [0.25, 0.3) is 0 Å². The Kier molecular flexibility index (Phi) is 5.95. The van der Waals surface area contributed by atoms with E-state index < -0.39 is 0 Å². The SMILES string of the molecule is Cc1ncsc1CCNc1cc([C@H]2CCOC2)nc(NCCO)n1. The van der Waals surface area contributed by atoms with Gasteiger partial charge in [-0.1, -0.05) is 0 Å². The molecule has 1 saturated heterocycles. The number of aliphatic hydroxyl groups is 1.